The third kappa shape index (κ3) is 7.21. The van der Waals surface area contributed by atoms with Gasteiger partial charge in [-0.3, -0.25) is 4.99 Å². The first-order valence-corrected chi connectivity index (χ1v) is 8.94. The van der Waals surface area contributed by atoms with Crippen LogP contribution in [0.25, 0.3) is 0 Å². The average molecular weight is 335 g/mol. The predicted octanol–water partition coefficient (Wildman–Crippen LogP) is 2.44. The highest BCUT2D eigenvalue weighted by Gasteiger charge is 2.02. The van der Waals surface area contributed by atoms with Crippen LogP contribution in [0.4, 0.5) is 0 Å². The topological polar surface area (TPSA) is 48.9 Å². The second kappa shape index (κ2) is 11.7. The van der Waals surface area contributed by atoms with Gasteiger partial charge in [-0.25, -0.2) is 0 Å². The highest BCUT2D eigenvalue weighted by Crippen LogP contribution is 2.18. The molecule has 0 saturated heterocycles. The number of methoxy groups -OCH3 is 1. The summed E-state index contributed by atoms with van der Waals surface area (Å²) in [5.41, 5.74) is 2.43. The van der Waals surface area contributed by atoms with Gasteiger partial charge in [-0.1, -0.05) is 26.0 Å². The minimum atomic E-state index is 0.849. The van der Waals surface area contributed by atoms with E-state index >= 15 is 0 Å². The fraction of sp³-hybridized carbons (Fsp3) is 0.632. The molecular formula is C19H34N4O. The molecule has 2 N–H and O–H groups in total. The maximum absolute atomic E-state index is 5.38. The van der Waals surface area contributed by atoms with E-state index in [2.05, 4.69) is 59.5 Å². The van der Waals surface area contributed by atoms with E-state index in [1.165, 1.54) is 11.1 Å². The molecule has 0 fully saturated rings. The van der Waals surface area contributed by atoms with Gasteiger partial charge in [0, 0.05) is 20.1 Å². The van der Waals surface area contributed by atoms with Crippen LogP contribution in [0.15, 0.2) is 23.2 Å². The maximum atomic E-state index is 5.38. The van der Waals surface area contributed by atoms with Crippen molar-refractivity contribution in [3.8, 4) is 5.75 Å². The Hall–Kier alpha value is -1.75. The lowest BCUT2D eigenvalue weighted by Gasteiger charge is -2.18. The average Bonchev–Trinajstić information content (AvgIpc) is 2.61. The summed E-state index contributed by atoms with van der Waals surface area (Å²) in [6.07, 6.45) is 2.06. The van der Waals surface area contributed by atoms with E-state index in [9.17, 15) is 0 Å². The molecule has 1 aromatic carbocycles. The Kier molecular flexibility index (Phi) is 9.92. The highest BCUT2D eigenvalue weighted by molar-refractivity contribution is 5.79. The number of aryl methyl sites for hydroxylation is 1. The normalized spacial score (nSPS) is 11.7. The van der Waals surface area contributed by atoms with Crippen LogP contribution in [0.3, 0.4) is 0 Å². The van der Waals surface area contributed by atoms with Gasteiger partial charge >= 0.3 is 0 Å². The smallest absolute Gasteiger partial charge is 0.190 e. The Morgan fingerprint density at radius 3 is 2.50 bits per heavy atom. The quantitative estimate of drug-likeness (QED) is 0.392. The van der Waals surface area contributed by atoms with E-state index in [0.29, 0.717) is 0 Å². The second-order valence-corrected chi connectivity index (χ2v) is 5.86. The molecule has 0 aliphatic carbocycles. The van der Waals surface area contributed by atoms with Crippen molar-refractivity contribution < 1.29 is 4.74 Å². The van der Waals surface area contributed by atoms with Gasteiger partial charge in [0.2, 0.25) is 0 Å². The first-order chi connectivity index (χ1) is 11.6. The molecule has 0 spiro atoms. The van der Waals surface area contributed by atoms with Gasteiger partial charge in [-0.15, -0.1) is 0 Å². The lowest BCUT2D eigenvalue weighted by atomic mass is 10.1. The summed E-state index contributed by atoms with van der Waals surface area (Å²) in [5, 5.41) is 6.75. The summed E-state index contributed by atoms with van der Waals surface area (Å²) in [5.74, 6) is 1.82. The summed E-state index contributed by atoms with van der Waals surface area (Å²) in [6, 6.07) is 6.37. The van der Waals surface area contributed by atoms with Crippen LogP contribution >= 0.6 is 0 Å². The standard InChI is InChI=1S/C19H34N4O/c1-6-23(7-2)14-8-12-21-19(20-4)22-13-11-17-10-9-16(3)18(15-17)24-5/h9-10,15H,6-8,11-14H2,1-5H3,(H2,20,21,22). The van der Waals surface area contributed by atoms with Crippen molar-refractivity contribution in [2.45, 2.75) is 33.6 Å². The summed E-state index contributed by atoms with van der Waals surface area (Å²) in [4.78, 5) is 6.71. The number of hydrogen-bond acceptors (Lipinski definition) is 3. The number of nitrogens with one attached hydrogen (secondary N) is 2. The maximum Gasteiger partial charge on any atom is 0.190 e. The summed E-state index contributed by atoms with van der Waals surface area (Å²) < 4.78 is 5.38. The zero-order chi connectivity index (χ0) is 17.8. The number of benzene rings is 1. The number of nitrogens with zero attached hydrogens (tertiary/aromatic N) is 2. The molecule has 5 nitrogen and oxygen atoms in total. The van der Waals surface area contributed by atoms with Crippen LogP contribution < -0.4 is 15.4 Å². The third-order valence-electron chi connectivity index (χ3n) is 4.24. The van der Waals surface area contributed by atoms with E-state index in [1.54, 1.807) is 7.11 Å². The Morgan fingerprint density at radius 2 is 1.88 bits per heavy atom. The van der Waals surface area contributed by atoms with Crippen LogP contribution in [-0.4, -0.2) is 57.7 Å². The third-order valence-corrected chi connectivity index (χ3v) is 4.24. The van der Waals surface area contributed by atoms with Gasteiger partial charge in [0.1, 0.15) is 5.75 Å². The molecule has 0 aliphatic rings. The van der Waals surface area contributed by atoms with Crippen LogP contribution in [0.5, 0.6) is 5.75 Å². The van der Waals surface area contributed by atoms with Crippen molar-refractivity contribution in [1.29, 1.82) is 0 Å². The lowest BCUT2D eigenvalue weighted by Crippen LogP contribution is -2.39. The molecule has 0 saturated carbocycles. The monoisotopic (exact) mass is 334 g/mol. The number of ether oxygens (including phenoxy) is 1. The van der Waals surface area contributed by atoms with E-state index < -0.39 is 0 Å². The second-order valence-electron chi connectivity index (χ2n) is 5.86. The summed E-state index contributed by atoms with van der Waals surface area (Å²) in [7, 11) is 3.53. The molecule has 136 valence electrons. The molecule has 0 radical (unpaired) electrons. The zero-order valence-electron chi connectivity index (χ0n) is 16.0. The Labute approximate surface area is 147 Å². The number of guanidine groups is 1. The molecule has 0 bridgehead atoms. The van der Waals surface area contributed by atoms with Crippen molar-refractivity contribution in [2.75, 3.05) is 46.9 Å². The van der Waals surface area contributed by atoms with Crippen LogP contribution in [0.2, 0.25) is 0 Å². The van der Waals surface area contributed by atoms with Gasteiger partial charge < -0.3 is 20.3 Å². The molecule has 0 amide bonds. The highest BCUT2D eigenvalue weighted by atomic mass is 16.5. The molecule has 0 aliphatic heterocycles. The Balaban J connectivity index is 2.29. The Morgan fingerprint density at radius 1 is 1.17 bits per heavy atom. The van der Waals surface area contributed by atoms with Crippen molar-refractivity contribution in [2.24, 2.45) is 4.99 Å². The number of aliphatic imine (C=N–C) groups is 1. The van der Waals surface area contributed by atoms with Gasteiger partial charge in [0.25, 0.3) is 0 Å². The first kappa shape index (κ1) is 20.3. The number of hydrogen-bond donors (Lipinski definition) is 2. The van der Waals surface area contributed by atoms with E-state index in [-0.39, 0.29) is 0 Å². The fourth-order valence-corrected chi connectivity index (χ4v) is 2.62. The van der Waals surface area contributed by atoms with Gasteiger partial charge in [0.15, 0.2) is 5.96 Å². The van der Waals surface area contributed by atoms with Crippen LogP contribution in [0.1, 0.15) is 31.4 Å². The van der Waals surface area contributed by atoms with Crippen molar-refractivity contribution >= 4 is 5.96 Å². The predicted molar refractivity (Wildman–Crippen MR) is 103 cm³/mol. The summed E-state index contributed by atoms with van der Waals surface area (Å²) >= 11 is 0. The van der Waals surface area contributed by atoms with Crippen LogP contribution in [0, 0.1) is 6.92 Å². The van der Waals surface area contributed by atoms with Gasteiger partial charge in [-0.05, 0) is 56.6 Å². The van der Waals surface area contributed by atoms with Crippen molar-refractivity contribution in [3.05, 3.63) is 29.3 Å². The molecule has 1 rings (SSSR count). The minimum absolute atomic E-state index is 0.849. The molecule has 0 heterocycles. The number of rotatable bonds is 10. The molecule has 1 aromatic rings. The van der Waals surface area contributed by atoms with Crippen LogP contribution in [-0.2, 0) is 6.42 Å². The van der Waals surface area contributed by atoms with Gasteiger partial charge in [0.05, 0.1) is 7.11 Å². The van der Waals surface area contributed by atoms with Gasteiger partial charge in [-0.2, -0.15) is 0 Å². The summed E-state index contributed by atoms with van der Waals surface area (Å²) in [6.45, 7) is 11.6. The molecule has 5 heteroatoms. The fourth-order valence-electron chi connectivity index (χ4n) is 2.62. The molecule has 24 heavy (non-hydrogen) atoms. The largest absolute Gasteiger partial charge is 0.496 e. The zero-order valence-corrected chi connectivity index (χ0v) is 16.0. The van der Waals surface area contributed by atoms with E-state index in [4.69, 9.17) is 4.74 Å². The first-order valence-electron chi connectivity index (χ1n) is 8.94. The van der Waals surface area contributed by atoms with E-state index in [1.807, 2.05) is 7.05 Å². The van der Waals surface area contributed by atoms with Crippen molar-refractivity contribution in [3.63, 3.8) is 0 Å². The van der Waals surface area contributed by atoms with E-state index in [0.717, 1.165) is 57.3 Å². The molecular weight excluding hydrogens is 300 g/mol. The minimum Gasteiger partial charge on any atom is -0.496 e. The molecule has 0 unspecified atom stereocenters. The lowest BCUT2D eigenvalue weighted by molar-refractivity contribution is 0.300. The molecule has 0 atom stereocenters. The van der Waals surface area contributed by atoms with Crippen molar-refractivity contribution in [1.82, 2.24) is 15.5 Å². The Bertz CT molecular complexity index is 498. The molecule has 0 aromatic heterocycles. The SMILES string of the molecule is CCN(CC)CCCNC(=NC)NCCc1ccc(C)c(OC)c1.